The van der Waals surface area contributed by atoms with Crippen molar-refractivity contribution in [1.29, 1.82) is 0 Å². The molecule has 5 nitrogen and oxygen atoms in total. The number of aryl methyl sites for hydroxylation is 1. The molecule has 0 aliphatic carbocycles. The van der Waals surface area contributed by atoms with E-state index in [0.29, 0.717) is 5.69 Å². The van der Waals surface area contributed by atoms with Gasteiger partial charge in [-0.05, 0) is 31.0 Å². The molecule has 100 valence electrons. The van der Waals surface area contributed by atoms with Crippen molar-refractivity contribution in [3.8, 4) is 0 Å². The number of amides is 1. The summed E-state index contributed by atoms with van der Waals surface area (Å²) in [5, 5.41) is 0. The van der Waals surface area contributed by atoms with Crippen LogP contribution >= 0.6 is 0 Å². The van der Waals surface area contributed by atoms with Gasteiger partial charge in [-0.1, -0.05) is 19.1 Å². The first-order valence-corrected chi connectivity index (χ1v) is 7.39. The molecule has 1 aromatic rings. The van der Waals surface area contributed by atoms with E-state index in [2.05, 4.69) is 0 Å². The zero-order valence-electron chi connectivity index (χ0n) is 10.6. The molecule has 0 bridgehead atoms. The molecule has 0 aliphatic rings. The Kier molecular flexibility index (Phi) is 4.72. The number of nitrogens with zero attached hydrogens (tertiary/aromatic N) is 1. The smallest absolute Gasteiger partial charge is 0.238 e. The lowest BCUT2D eigenvalue weighted by atomic mass is 10.1. The molecule has 0 unspecified atom stereocenters. The van der Waals surface area contributed by atoms with Gasteiger partial charge in [0.25, 0.3) is 0 Å². The first-order valence-electron chi connectivity index (χ1n) is 5.78. The van der Waals surface area contributed by atoms with Crippen LogP contribution in [0.5, 0.6) is 0 Å². The topological polar surface area (TPSA) is 80.5 Å². The summed E-state index contributed by atoms with van der Waals surface area (Å²) in [5.74, 6) is -0.748. The van der Waals surface area contributed by atoms with Crippen LogP contribution in [0.4, 0.5) is 5.69 Å². The van der Waals surface area contributed by atoms with Crippen molar-refractivity contribution in [2.45, 2.75) is 20.3 Å². The van der Waals surface area contributed by atoms with Gasteiger partial charge in [-0.15, -0.1) is 0 Å². The Hall–Kier alpha value is -1.56. The van der Waals surface area contributed by atoms with E-state index in [0.717, 1.165) is 16.3 Å². The van der Waals surface area contributed by atoms with Crippen LogP contribution in [-0.2, 0) is 21.2 Å². The van der Waals surface area contributed by atoms with Crippen molar-refractivity contribution < 1.29 is 13.2 Å². The monoisotopic (exact) mass is 270 g/mol. The highest BCUT2D eigenvalue weighted by atomic mass is 32.2. The quantitative estimate of drug-likeness (QED) is 0.833. The molecular weight excluding hydrogens is 252 g/mol. The molecule has 0 saturated heterocycles. The first-order chi connectivity index (χ1) is 8.40. The predicted molar refractivity (Wildman–Crippen MR) is 71.8 cm³/mol. The molecule has 2 N–H and O–H groups in total. The number of anilines is 1. The molecule has 1 rings (SSSR count). The maximum atomic E-state index is 11.9. The minimum absolute atomic E-state index is 0.0736. The summed E-state index contributed by atoms with van der Waals surface area (Å²) in [7, 11) is -3.50. The number of rotatable bonds is 6. The fourth-order valence-electron chi connectivity index (χ4n) is 1.55. The molecule has 1 aromatic carbocycles. The third-order valence-electron chi connectivity index (χ3n) is 2.63. The van der Waals surface area contributed by atoms with Crippen molar-refractivity contribution >= 4 is 21.6 Å². The maximum Gasteiger partial charge on any atom is 0.238 e. The Labute approximate surface area is 108 Å². The first kappa shape index (κ1) is 14.5. The molecule has 0 heterocycles. The molecule has 0 radical (unpaired) electrons. The predicted octanol–water partition coefficient (Wildman–Crippen LogP) is 0.890. The molecule has 0 saturated carbocycles. The van der Waals surface area contributed by atoms with Gasteiger partial charge in [0.15, 0.2) is 0 Å². The van der Waals surface area contributed by atoms with Gasteiger partial charge in [-0.3, -0.25) is 9.10 Å². The van der Waals surface area contributed by atoms with Crippen LogP contribution in [0.1, 0.15) is 19.4 Å². The summed E-state index contributed by atoms with van der Waals surface area (Å²) in [5.41, 5.74) is 6.66. The van der Waals surface area contributed by atoms with E-state index in [1.165, 1.54) is 6.92 Å². The highest BCUT2D eigenvalue weighted by Crippen LogP contribution is 2.19. The second-order valence-corrected chi connectivity index (χ2v) is 6.08. The van der Waals surface area contributed by atoms with E-state index in [4.69, 9.17) is 5.73 Å². The Bertz CT molecular complexity index is 509. The molecule has 1 amide bonds. The van der Waals surface area contributed by atoms with Gasteiger partial charge < -0.3 is 5.73 Å². The lowest BCUT2D eigenvalue weighted by molar-refractivity contribution is -0.116. The highest BCUT2D eigenvalue weighted by Gasteiger charge is 2.22. The zero-order valence-corrected chi connectivity index (χ0v) is 11.4. The minimum atomic E-state index is -3.50. The third-order valence-corrected chi connectivity index (χ3v) is 4.37. The fraction of sp³-hybridized carbons (Fsp3) is 0.417. The Morgan fingerprint density at radius 1 is 1.22 bits per heavy atom. The molecule has 0 fully saturated rings. The zero-order chi connectivity index (χ0) is 13.8. The molecule has 0 atom stereocenters. The number of primary amides is 1. The van der Waals surface area contributed by atoms with E-state index in [9.17, 15) is 13.2 Å². The van der Waals surface area contributed by atoms with Crippen LogP contribution in [0.15, 0.2) is 24.3 Å². The summed E-state index contributed by atoms with van der Waals surface area (Å²) in [6.45, 7) is 3.21. The Morgan fingerprint density at radius 3 is 2.17 bits per heavy atom. The molecule has 0 aromatic heterocycles. The molecule has 6 heteroatoms. The number of benzene rings is 1. The van der Waals surface area contributed by atoms with E-state index in [1.54, 1.807) is 12.1 Å². The van der Waals surface area contributed by atoms with Gasteiger partial charge in [0.2, 0.25) is 15.9 Å². The van der Waals surface area contributed by atoms with Crippen molar-refractivity contribution in [1.82, 2.24) is 0 Å². The van der Waals surface area contributed by atoms with Gasteiger partial charge >= 0.3 is 0 Å². The van der Waals surface area contributed by atoms with Gasteiger partial charge in [-0.2, -0.15) is 0 Å². The van der Waals surface area contributed by atoms with E-state index in [-0.39, 0.29) is 12.3 Å². The van der Waals surface area contributed by atoms with Crippen molar-refractivity contribution in [2.75, 3.05) is 16.6 Å². The second-order valence-electron chi connectivity index (χ2n) is 3.89. The fourth-order valence-corrected chi connectivity index (χ4v) is 2.62. The normalized spacial score (nSPS) is 11.2. The van der Waals surface area contributed by atoms with Crippen LogP contribution in [0, 0.1) is 0 Å². The van der Waals surface area contributed by atoms with Gasteiger partial charge in [0.05, 0.1) is 11.4 Å². The Morgan fingerprint density at radius 2 is 1.78 bits per heavy atom. The summed E-state index contributed by atoms with van der Waals surface area (Å²) >= 11 is 0. The van der Waals surface area contributed by atoms with Crippen LogP contribution in [0.25, 0.3) is 0 Å². The third kappa shape index (κ3) is 3.46. The molecular formula is C12H18N2O3S. The molecule has 0 aliphatic heterocycles. The van der Waals surface area contributed by atoms with E-state index >= 15 is 0 Å². The number of hydrogen-bond donors (Lipinski definition) is 1. The summed E-state index contributed by atoms with van der Waals surface area (Å²) in [6, 6.07) is 7.06. The van der Waals surface area contributed by atoms with Crippen LogP contribution in [-0.4, -0.2) is 26.6 Å². The van der Waals surface area contributed by atoms with Crippen LogP contribution < -0.4 is 10.0 Å². The lowest BCUT2D eigenvalue weighted by Gasteiger charge is -2.22. The second kappa shape index (κ2) is 5.86. The highest BCUT2D eigenvalue weighted by molar-refractivity contribution is 7.92. The minimum Gasteiger partial charge on any atom is -0.368 e. The average Bonchev–Trinajstić information content (AvgIpc) is 2.36. The van der Waals surface area contributed by atoms with E-state index < -0.39 is 15.9 Å². The summed E-state index contributed by atoms with van der Waals surface area (Å²) in [4.78, 5) is 11.0. The number of nitrogens with two attached hydrogens (primary N) is 1. The molecule has 18 heavy (non-hydrogen) atoms. The standard InChI is InChI=1S/C12H18N2O3S/c1-3-10-5-7-11(8-6-10)14(9-12(13)15)18(16,17)4-2/h5-8H,3-4,9H2,1-2H3,(H2,13,15). The summed E-state index contributed by atoms with van der Waals surface area (Å²) < 4.78 is 24.9. The molecule has 0 spiro atoms. The Balaban J connectivity index is 3.13. The average molecular weight is 270 g/mol. The van der Waals surface area contributed by atoms with Gasteiger partial charge in [0, 0.05) is 0 Å². The number of sulfonamides is 1. The number of hydrogen-bond acceptors (Lipinski definition) is 3. The van der Waals surface area contributed by atoms with Gasteiger partial charge in [-0.25, -0.2) is 8.42 Å². The number of carbonyl (C=O) groups is 1. The summed E-state index contributed by atoms with van der Waals surface area (Å²) in [6.07, 6.45) is 0.872. The van der Waals surface area contributed by atoms with Crippen LogP contribution in [0.3, 0.4) is 0 Å². The van der Waals surface area contributed by atoms with E-state index in [1.807, 2.05) is 19.1 Å². The SMILES string of the molecule is CCc1ccc(N(CC(N)=O)S(=O)(=O)CC)cc1. The maximum absolute atomic E-state index is 11.9. The van der Waals surface area contributed by atoms with Gasteiger partial charge in [0.1, 0.15) is 6.54 Å². The van der Waals surface area contributed by atoms with Crippen molar-refractivity contribution in [3.05, 3.63) is 29.8 Å². The lowest BCUT2D eigenvalue weighted by Crippen LogP contribution is -2.39. The van der Waals surface area contributed by atoms with Crippen molar-refractivity contribution in [2.24, 2.45) is 5.73 Å². The van der Waals surface area contributed by atoms with Crippen LogP contribution in [0.2, 0.25) is 0 Å². The van der Waals surface area contributed by atoms with Crippen molar-refractivity contribution in [3.63, 3.8) is 0 Å². The largest absolute Gasteiger partial charge is 0.368 e. The number of carbonyl (C=O) groups excluding carboxylic acids is 1.